The minimum absolute atomic E-state index is 0.105. The van der Waals surface area contributed by atoms with Gasteiger partial charge in [-0.25, -0.2) is 0 Å². The Balaban J connectivity index is 1.64. The fourth-order valence-electron chi connectivity index (χ4n) is 2.44. The van der Waals surface area contributed by atoms with E-state index in [0.717, 1.165) is 10.8 Å². The minimum atomic E-state index is -0.230. The van der Waals surface area contributed by atoms with E-state index in [2.05, 4.69) is 0 Å². The van der Waals surface area contributed by atoms with Crippen molar-refractivity contribution in [1.82, 2.24) is 0 Å². The Kier molecular flexibility index (Phi) is 4.48. The van der Waals surface area contributed by atoms with E-state index in [4.69, 9.17) is 4.74 Å². The molecule has 0 aliphatic rings. The predicted octanol–water partition coefficient (Wildman–Crippen LogP) is 4.06. The van der Waals surface area contributed by atoms with Gasteiger partial charge in [-0.05, 0) is 11.5 Å². The molecule has 0 radical (unpaired) electrons. The lowest BCUT2D eigenvalue weighted by Gasteiger charge is -2.08. The molecule has 0 amide bonds. The molecule has 0 saturated carbocycles. The van der Waals surface area contributed by atoms with E-state index < -0.39 is 0 Å². The van der Waals surface area contributed by atoms with Crippen LogP contribution in [0, 0.1) is 0 Å². The summed E-state index contributed by atoms with van der Waals surface area (Å²) in [5, 5.41) is 2.01. The highest BCUT2D eigenvalue weighted by atomic mass is 16.5. The van der Waals surface area contributed by atoms with Gasteiger partial charge in [-0.1, -0.05) is 66.7 Å². The van der Waals surface area contributed by atoms with Crippen LogP contribution < -0.4 is 4.74 Å². The molecule has 0 fully saturated rings. The van der Waals surface area contributed by atoms with Gasteiger partial charge < -0.3 is 4.74 Å². The minimum Gasteiger partial charge on any atom is -0.485 e. The summed E-state index contributed by atoms with van der Waals surface area (Å²) in [6.07, 6.45) is -0.144. The first-order valence-electron chi connectivity index (χ1n) is 7.44. The maximum Gasteiger partial charge on any atom is 0.177 e. The summed E-state index contributed by atoms with van der Waals surface area (Å²) < 4.78 is 5.62. The molecule has 3 aromatic carbocycles. The molecule has 3 heteroatoms. The van der Waals surface area contributed by atoms with Crippen LogP contribution in [0.15, 0.2) is 72.8 Å². The van der Waals surface area contributed by atoms with Crippen molar-refractivity contribution in [2.45, 2.75) is 6.42 Å². The molecular formula is C20H16O3. The molecule has 0 aromatic heterocycles. The molecule has 0 bridgehead atoms. The van der Waals surface area contributed by atoms with Crippen LogP contribution in [0.2, 0.25) is 0 Å². The largest absolute Gasteiger partial charge is 0.485 e. The Bertz CT molecular complexity index is 832. The Labute approximate surface area is 134 Å². The number of carbonyl (C=O) groups is 2. The highest BCUT2D eigenvalue weighted by Crippen LogP contribution is 2.25. The van der Waals surface area contributed by atoms with Crippen LogP contribution in [-0.2, 0) is 4.79 Å². The van der Waals surface area contributed by atoms with E-state index in [-0.39, 0.29) is 24.6 Å². The Morgan fingerprint density at radius 3 is 2.30 bits per heavy atom. The van der Waals surface area contributed by atoms with Crippen molar-refractivity contribution in [1.29, 1.82) is 0 Å². The Hall–Kier alpha value is -2.94. The number of hydrogen-bond acceptors (Lipinski definition) is 3. The molecule has 114 valence electrons. The second-order valence-electron chi connectivity index (χ2n) is 5.27. The highest BCUT2D eigenvalue weighted by molar-refractivity contribution is 6.08. The van der Waals surface area contributed by atoms with Crippen LogP contribution in [0.3, 0.4) is 0 Å². The van der Waals surface area contributed by atoms with Gasteiger partial charge in [0, 0.05) is 10.9 Å². The Morgan fingerprint density at radius 1 is 0.783 bits per heavy atom. The zero-order chi connectivity index (χ0) is 16.1. The molecule has 0 heterocycles. The van der Waals surface area contributed by atoms with E-state index in [1.165, 1.54) is 0 Å². The van der Waals surface area contributed by atoms with Crippen molar-refractivity contribution in [3.63, 3.8) is 0 Å². The molecule has 0 atom stereocenters. The van der Waals surface area contributed by atoms with Crippen LogP contribution in [0.25, 0.3) is 10.8 Å². The molecule has 23 heavy (non-hydrogen) atoms. The van der Waals surface area contributed by atoms with Gasteiger partial charge in [0.15, 0.2) is 11.6 Å². The average molecular weight is 304 g/mol. The van der Waals surface area contributed by atoms with Gasteiger partial charge in [-0.2, -0.15) is 0 Å². The monoisotopic (exact) mass is 304 g/mol. The summed E-state index contributed by atoms with van der Waals surface area (Å²) in [4.78, 5) is 24.0. The predicted molar refractivity (Wildman–Crippen MR) is 89.8 cm³/mol. The van der Waals surface area contributed by atoms with Crippen molar-refractivity contribution in [3.05, 3.63) is 78.4 Å². The Morgan fingerprint density at radius 2 is 1.48 bits per heavy atom. The van der Waals surface area contributed by atoms with Crippen LogP contribution >= 0.6 is 0 Å². The van der Waals surface area contributed by atoms with E-state index in [0.29, 0.717) is 11.3 Å². The third-order valence-corrected chi connectivity index (χ3v) is 3.59. The zero-order valence-corrected chi connectivity index (χ0v) is 12.6. The maximum atomic E-state index is 12.0. The summed E-state index contributed by atoms with van der Waals surface area (Å²) in [7, 11) is 0. The first-order valence-corrected chi connectivity index (χ1v) is 7.44. The lowest BCUT2D eigenvalue weighted by Crippen LogP contribution is -2.16. The normalized spacial score (nSPS) is 10.4. The number of hydrogen-bond donors (Lipinski definition) is 0. The number of benzene rings is 3. The summed E-state index contributed by atoms with van der Waals surface area (Å²) in [5.41, 5.74) is 0.547. The van der Waals surface area contributed by atoms with E-state index in [1.54, 1.807) is 24.3 Å². The van der Waals surface area contributed by atoms with Crippen LogP contribution in [-0.4, -0.2) is 18.2 Å². The fraction of sp³-hybridized carbons (Fsp3) is 0.100. The highest BCUT2D eigenvalue weighted by Gasteiger charge is 2.12. The standard InChI is InChI=1S/C20H16O3/c21-17(13-19(22)16-8-2-1-3-9-16)14-23-20-12-6-10-15-7-4-5-11-18(15)20/h1-12H,13-14H2. The molecule has 3 rings (SSSR count). The van der Waals surface area contributed by atoms with Crippen molar-refractivity contribution in [3.8, 4) is 5.75 Å². The maximum absolute atomic E-state index is 12.0. The second-order valence-corrected chi connectivity index (χ2v) is 5.27. The third-order valence-electron chi connectivity index (χ3n) is 3.59. The molecule has 0 aliphatic carbocycles. The van der Waals surface area contributed by atoms with Gasteiger partial charge in [-0.15, -0.1) is 0 Å². The first kappa shape index (κ1) is 15.0. The molecule has 0 spiro atoms. The van der Waals surface area contributed by atoms with Gasteiger partial charge in [0.25, 0.3) is 0 Å². The number of fused-ring (bicyclic) bond motifs is 1. The molecule has 0 aliphatic heterocycles. The van der Waals surface area contributed by atoms with Gasteiger partial charge in [0.2, 0.25) is 0 Å². The van der Waals surface area contributed by atoms with E-state index >= 15 is 0 Å². The lowest BCUT2D eigenvalue weighted by molar-refractivity contribution is -0.120. The van der Waals surface area contributed by atoms with Crippen molar-refractivity contribution >= 4 is 22.3 Å². The quantitative estimate of drug-likeness (QED) is 0.509. The second kappa shape index (κ2) is 6.88. The topological polar surface area (TPSA) is 43.4 Å². The molecule has 0 unspecified atom stereocenters. The molecular weight excluding hydrogens is 288 g/mol. The van der Waals surface area contributed by atoms with E-state index in [1.807, 2.05) is 48.5 Å². The van der Waals surface area contributed by atoms with Gasteiger partial charge in [0.1, 0.15) is 12.4 Å². The number of rotatable bonds is 6. The van der Waals surface area contributed by atoms with Crippen LogP contribution in [0.4, 0.5) is 0 Å². The number of carbonyl (C=O) groups excluding carboxylic acids is 2. The smallest absolute Gasteiger partial charge is 0.177 e. The van der Waals surface area contributed by atoms with Crippen LogP contribution in [0.5, 0.6) is 5.75 Å². The SMILES string of the molecule is O=C(COc1cccc2ccccc12)CC(=O)c1ccccc1. The van der Waals surface area contributed by atoms with E-state index in [9.17, 15) is 9.59 Å². The summed E-state index contributed by atoms with van der Waals surface area (Å²) >= 11 is 0. The third kappa shape index (κ3) is 3.64. The van der Waals surface area contributed by atoms with Gasteiger partial charge >= 0.3 is 0 Å². The van der Waals surface area contributed by atoms with Gasteiger partial charge in [0.05, 0.1) is 6.42 Å². The summed E-state index contributed by atoms with van der Waals surface area (Å²) in [5.74, 6) is 0.243. The molecule has 0 saturated heterocycles. The fourth-order valence-corrected chi connectivity index (χ4v) is 2.44. The molecule has 0 N–H and O–H groups in total. The average Bonchev–Trinajstić information content (AvgIpc) is 2.60. The van der Waals surface area contributed by atoms with Crippen molar-refractivity contribution < 1.29 is 14.3 Å². The van der Waals surface area contributed by atoms with Crippen LogP contribution in [0.1, 0.15) is 16.8 Å². The lowest BCUT2D eigenvalue weighted by atomic mass is 10.1. The van der Waals surface area contributed by atoms with Crippen molar-refractivity contribution in [2.24, 2.45) is 0 Å². The summed E-state index contributed by atoms with van der Waals surface area (Å²) in [6.45, 7) is -0.105. The molecule has 3 nitrogen and oxygen atoms in total. The molecule has 3 aromatic rings. The summed E-state index contributed by atoms with van der Waals surface area (Å²) in [6, 6.07) is 22.3. The van der Waals surface area contributed by atoms with Crippen molar-refractivity contribution in [2.75, 3.05) is 6.61 Å². The number of ketones is 2. The number of Topliss-reactive ketones (excluding diaryl/α,β-unsaturated/α-hetero) is 2. The van der Waals surface area contributed by atoms with Gasteiger partial charge in [-0.3, -0.25) is 9.59 Å². The zero-order valence-electron chi connectivity index (χ0n) is 12.6. The first-order chi connectivity index (χ1) is 11.2. The number of ether oxygens (including phenoxy) is 1.